The van der Waals surface area contributed by atoms with Crippen LogP contribution in [0.25, 0.3) is 10.9 Å². The van der Waals surface area contributed by atoms with Gasteiger partial charge < -0.3 is 0 Å². The average molecular weight is 368 g/mol. The van der Waals surface area contributed by atoms with Crippen LogP contribution < -0.4 is 5.56 Å². The van der Waals surface area contributed by atoms with Gasteiger partial charge in [-0.3, -0.25) is 14.3 Å². The van der Waals surface area contributed by atoms with E-state index in [1.54, 1.807) is 10.9 Å². The van der Waals surface area contributed by atoms with E-state index >= 15 is 0 Å². The highest BCUT2D eigenvalue weighted by Crippen LogP contribution is 2.21. The van der Waals surface area contributed by atoms with Crippen molar-refractivity contribution in [3.05, 3.63) is 75.8 Å². The zero-order valence-electron chi connectivity index (χ0n) is 14.6. The van der Waals surface area contributed by atoms with Gasteiger partial charge in [0.05, 0.1) is 17.2 Å². The molecule has 134 valence electrons. The fourth-order valence-corrected chi connectivity index (χ4v) is 3.95. The largest absolute Gasteiger partial charge is 0.299 e. The standard InChI is InChI=1S/C21H22ClN3O/c22-18-5-3-4-17(12-18)13-24-10-8-16(9-11-24)14-25-15-23-20-7-2-1-6-19(20)21(25)26/h1-7,12,15-16H,8-11,13-14H2. The van der Waals surface area contributed by atoms with Gasteiger partial charge in [-0.15, -0.1) is 0 Å². The van der Waals surface area contributed by atoms with E-state index in [1.807, 2.05) is 42.5 Å². The molecule has 0 unspecified atom stereocenters. The second-order valence-electron chi connectivity index (χ2n) is 7.07. The van der Waals surface area contributed by atoms with Crippen molar-refractivity contribution < 1.29 is 0 Å². The monoisotopic (exact) mass is 367 g/mol. The number of hydrogen-bond donors (Lipinski definition) is 0. The van der Waals surface area contributed by atoms with Crippen molar-refractivity contribution in [2.24, 2.45) is 5.92 Å². The summed E-state index contributed by atoms with van der Waals surface area (Å²) >= 11 is 6.08. The van der Waals surface area contributed by atoms with Crippen molar-refractivity contribution in [2.45, 2.75) is 25.9 Å². The summed E-state index contributed by atoms with van der Waals surface area (Å²) in [4.78, 5) is 19.5. The Morgan fingerprint density at radius 2 is 1.88 bits per heavy atom. The number of piperidine rings is 1. The van der Waals surface area contributed by atoms with Crippen LogP contribution in [0.1, 0.15) is 18.4 Å². The second-order valence-corrected chi connectivity index (χ2v) is 7.51. The van der Waals surface area contributed by atoms with E-state index in [1.165, 1.54) is 5.56 Å². The van der Waals surface area contributed by atoms with Gasteiger partial charge in [-0.2, -0.15) is 0 Å². The minimum atomic E-state index is 0.0666. The van der Waals surface area contributed by atoms with E-state index in [0.717, 1.165) is 49.6 Å². The van der Waals surface area contributed by atoms with E-state index in [-0.39, 0.29) is 5.56 Å². The SMILES string of the molecule is O=c1c2ccccc2ncn1CC1CCN(Cc2cccc(Cl)c2)CC1. The van der Waals surface area contributed by atoms with Crippen LogP contribution in [0, 0.1) is 5.92 Å². The average Bonchev–Trinajstić information content (AvgIpc) is 2.66. The molecule has 0 N–H and O–H groups in total. The van der Waals surface area contributed by atoms with Crippen LogP contribution in [0.15, 0.2) is 59.7 Å². The maximum atomic E-state index is 12.6. The van der Waals surface area contributed by atoms with Crippen molar-refractivity contribution in [1.29, 1.82) is 0 Å². The lowest BCUT2D eigenvalue weighted by molar-refractivity contribution is 0.166. The molecule has 0 aliphatic carbocycles. The third-order valence-electron chi connectivity index (χ3n) is 5.19. The maximum Gasteiger partial charge on any atom is 0.261 e. The number of rotatable bonds is 4. The zero-order valence-corrected chi connectivity index (χ0v) is 15.4. The molecule has 1 fully saturated rings. The summed E-state index contributed by atoms with van der Waals surface area (Å²) in [6.45, 7) is 3.78. The Kier molecular flexibility index (Phi) is 5.05. The van der Waals surface area contributed by atoms with E-state index in [4.69, 9.17) is 11.6 Å². The quantitative estimate of drug-likeness (QED) is 0.700. The van der Waals surface area contributed by atoms with Crippen LogP contribution in [-0.2, 0) is 13.1 Å². The number of fused-ring (bicyclic) bond motifs is 1. The molecule has 0 atom stereocenters. The molecule has 3 aromatic rings. The maximum absolute atomic E-state index is 12.6. The normalized spacial score (nSPS) is 16.2. The summed E-state index contributed by atoms with van der Waals surface area (Å²) < 4.78 is 1.78. The van der Waals surface area contributed by atoms with Gasteiger partial charge in [0, 0.05) is 18.1 Å². The summed E-state index contributed by atoms with van der Waals surface area (Å²) in [5, 5.41) is 1.49. The number of likely N-dealkylation sites (tertiary alicyclic amines) is 1. The predicted octanol–water partition coefficient (Wildman–Crippen LogP) is 3.96. The molecule has 0 amide bonds. The minimum absolute atomic E-state index is 0.0666. The van der Waals surface area contributed by atoms with Gasteiger partial charge in [0.15, 0.2) is 0 Å². The number of hydrogen-bond acceptors (Lipinski definition) is 3. The number of para-hydroxylation sites is 1. The summed E-state index contributed by atoms with van der Waals surface area (Å²) in [6, 6.07) is 15.6. The van der Waals surface area contributed by atoms with Crippen LogP contribution in [-0.4, -0.2) is 27.5 Å². The van der Waals surface area contributed by atoms with Crippen molar-refractivity contribution in [3.8, 4) is 0 Å². The first-order chi connectivity index (χ1) is 12.7. The number of nitrogens with zero attached hydrogens (tertiary/aromatic N) is 3. The second kappa shape index (κ2) is 7.60. The van der Waals surface area contributed by atoms with Gasteiger partial charge >= 0.3 is 0 Å². The molecule has 0 spiro atoms. The smallest absolute Gasteiger partial charge is 0.261 e. The molecule has 0 saturated carbocycles. The van der Waals surface area contributed by atoms with Crippen molar-refractivity contribution >= 4 is 22.5 Å². The van der Waals surface area contributed by atoms with Gasteiger partial charge in [0.2, 0.25) is 0 Å². The van der Waals surface area contributed by atoms with Crippen molar-refractivity contribution in [2.75, 3.05) is 13.1 Å². The van der Waals surface area contributed by atoms with Gasteiger partial charge in [-0.05, 0) is 61.7 Å². The molecule has 1 aliphatic rings. The first-order valence-electron chi connectivity index (χ1n) is 9.10. The third kappa shape index (κ3) is 3.81. The van der Waals surface area contributed by atoms with Crippen LogP contribution >= 0.6 is 11.6 Å². The topological polar surface area (TPSA) is 38.1 Å². The highest BCUT2D eigenvalue weighted by molar-refractivity contribution is 6.30. The molecule has 1 saturated heterocycles. The van der Waals surface area contributed by atoms with Crippen LogP contribution in [0.5, 0.6) is 0 Å². The Hall–Kier alpha value is -2.17. The van der Waals surface area contributed by atoms with Crippen molar-refractivity contribution in [3.63, 3.8) is 0 Å². The number of benzene rings is 2. The van der Waals surface area contributed by atoms with E-state index in [2.05, 4.69) is 16.0 Å². The number of aromatic nitrogens is 2. The molecule has 26 heavy (non-hydrogen) atoms. The fourth-order valence-electron chi connectivity index (χ4n) is 3.73. The van der Waals surface area contributed by atoms with Crippen LogP contribution in [0.2, 0.25) is 5.02 Å². The van der Waals surface area contributed by atoms with Gasteiger partial charge in [0.25, 0.3) is 5.56 Å². The van der Waals surface area contributed by atoms with Crippen LogP contribution in [0.4, 0.5) is 0 Å². The van der Waals surface area contributed by atoms with E-state index < -0.39 is 0 Å². The molecule has 2 heterocycles. The van der Waals surface area contributed by atoms with Crippen molar-refractivity contribution in [1.82, 2.24) is 14.5 Å². The lowest BCUT2D eigenvalue weighted by Crippen LogP contribution is -2.36. The Morgan fingerprint density at radius 1 is 1.08 bits per heavy atom. The third-order valence-corrected chi connectivity index (χ3v) is 5.42. The molecule has 0 bridgehead atoms. The highest BCUT2D eigenvalue weighted by Gasteiger charge is 2.20. The Bertz CT molecular complexity index is 961. The molecule has 0 radical (unpaired) electrons. The Labute approximate surface area is 158 Å². The molecular formula is C21H22ClN3O. The van der Waals surface area contributed by atoms with Gasteiger partial charge in [0.1, 0.15) is 0 Å². The first kappa shape index (κ1) is 17.3. The lowest BCUT2D eigenvalue weighted by Gasteiger charge is -2.32. The number of halogens is 1. The first-order valence-corrected chi connectivity index (χ1v) is 9.48. The van der Waals surface area contributed by atoms with E-state index in [0.29, 0.717) is 11.3 Å². The fraction of sp³-hybridized carbons (Fsp3) is 0.333. The van der Waals surface area contributed by atoms with Crippen LogP contribution in [0.3, 0.4) is 0 Å². The molecule has 1 aliphatic heterocycles. The molecule has 4 rings (SSSR count). The van der Waals surface area contributed by atoms with Gasteiger partial charge in [-0.1, -0.05) is 35.9 Å². The molecule has 4 nitrogen and oxygen atoms in total. The predicted molar refractivity (Wildman–Crippen MR) is 105 cm³/mol. The Balaban J connectivity index is 1.38. The minimum Gasteiger partial charge on any atom is -0.299 e. The lowest BCUT2D eigenvalue weighted by atomic mass is 9.96. The zero-order chi connectivity index (χ0) is 17.9. The molecule has 2 aromatic carbocycles. The van der Waals surface area contributed by atoms with E-state index in [9.17, 15) is 4.79 Å². The summed E-state index contributed by atoms with van der Waals surface area (Å²) in [6.07, 6.45) is 3.89. The Morgan fingerprint density at radius 3 is 2.69 bits per heavy atom. The summed E-state index contributed by atoms with van der Waals surface area (Å²) in [7, 11) is 0. The summed E-state index contributed by atoms with van der Waals surface area (Å²) in [5.41, 5.74) is 2.09. The highest BCUT2D eigenvalue weighted by atomic mass is 35.5. The summed E-state index contributed by atoms with van der Waals surface area (Å²) in [5.74, 6) is 0.520. The molecular weight excluding hydrogens is 346 g/mol. The van der Waals surface area contributed by atoms with Gasteiger partial charge in [-0.25, -0.2) is 4.98 Å². The molecule has 1 aromatic heterocycles. The molecule has 5 heteroatoms.